The molecule has 0 spiro atoms. The molecule has 4 aromatic rings. The Morgan fingerprint density at radius 3 is 2.48 bits per heavy atom. The average molecular weight is 598 g/mol. The Hall–Kier alpha value is -3.78. The molecule has 44 heavy (non-hydrogen) atoms. The summed E-state index contributed by atoms with van der Waals surface area (Å²) in [5.41, 5.74) is 8.83. The Balaban J connectivity index is 1.29. The molecule has 2 aliphatic carbocycles. The summed E-state index contributed by atoms with van der Waals surface area (Å²) in [6.07, 6.45) is 2.87. The normalized spacial score (nSPS) is 23.7. The van der Waals surface area contributed by atoms with Crippen LogP contribution in [0.25, 0.3) is 33.3 Å². The smallest absolute Gasteiger partial charge is 0.404 e. The van der Waals surface area contributed by atoms with E-state index in [0.29, 0.717) is 23.6 Å². The summed E-state index contributed by atoms with van der Waals surface area (Å²) < 4.78 is 14.6. The molecular weight excluding hydrogens is 554 g/mol. The summed E-state index contributed by atoms with van der Waals surface area (Å²) in [5.74, 6) is 1.42. The number of amides is 2. The largest absolute Gasteiger partial charge is 0.454 e. The predicted octanol–water partition coefficient (Wildman–Crippen LogP) is 7.11. The van der Waals surface area contributed by atoms with Crippen molar-refractivity contribution in [3.8, 4) is 11.5 Å². The van der Waals surface area contributed by atoms with Crippen LogP contribution in [0, 0.1) is 24.2 Å². The first kappa shape index (κ1) is 29.0. The van der Waals surface area contributed by atoms with E-state index >= 15 is 0 Å². The Labute approximate surface area is 258 Å². The Bertz CT molecular complexity index is 1820. The van der Waals surface area contributed by atoms with Gasteiger partial charge in [-0.25, -0.2) is 4.79 Å². The van der Waals surface area contributed by atoms with Crippen LogP contribution in [0.4, 0.5) is 4.79 Å². The number of aliphatic hydroxyl groups is 1. The second-order valence-corrected chi connectivity index (χ2v) is 14.9. The fraction of sp³-hybridized carbons (Fsp3) is 0.500. The van der Waals surface area contributed by atoms with Gasteiger partial charge in [0.2, 0.25) is 0 Å². The SMILES string of the molecule is Cc1c(-c2cc3ccc(C(C)(C)O)cc3n2CC2CC2)oc2cc(C(=O)N3CC4CCC3(C(C)(C)C)[C@@H]4OC(N)=O)ccc12. The van der Waals surface area contributed by atoms with E-state index in [4.69, 9.17) is 14.9 Å². The third-order valence-corrected chi connectivity index (χ3v) is 10.6. The summed E-state index contributed by atoms with van der Waals surface area (Å²) in [4.78, 5) is 28.0. The van der Waals surface area contributed by atoms with Crippen molar-refractivity contribution in [3.05, 3.63) is 59.2 Å². The molecule has 3 fully saturated rings. The number of benzene rings is 2. The maximum absolute atomic E-state index is 14.2. The highest BCUT2D eigenvalue weighted by Crippen LogP contribution is 2.57. The van der Waals surface area contributed by atoms with Gasteiger partial charge in [-0.1, -0.05) is 39.0 Å². The molecule has 3 N–H and O–H groups in total. The van der Waals surface area contributed by atoms with Gasteiger partial charge in [0, 0.05) is 46.4 Å². The van der Waals surface area contributed by atoms with Gasteiger partial charge < -0.3 is 29.5 Å². The number of aromatic nitrogens is 1. The lowest BCUT2D eigenvalue weighted by Crippen LogP contribution is -2.60. The van der Waals surface area contributed by atoms with Crippen molar-refractivity contribution in [1.82, 2.24) is 9.47 Å². The van der Waals surface area contributed by atoms with Crippen LogP contribution in [0.3, 0.4) is 0 Å². The molecule has 2 amide bonds. The lowest BCUT2D eigenvalue weighted by atomic mass is 9.70. The first-order valence-corrected chi connectivity index (χ1v) is 15.9. The number of likely N-dealkylation sites (tertiary alicyclic amines) is 1. The second kappa shape index (κ2) is 9.61. The molecule has 2 aromatic heterocycles. The number of nitrogens with two attached hydrogens (primary N) is 1. The van der Waals surface area contributed by atoms with Crippen molar-refractivity contribution < 1.29 is 23.8 Å². The van der Waals surface area contributed by atoms with Gasteiger partial charge in [0.05, 0.1) is 16.8 Å². The first-order chi connectivity index (χ1) is 20.7. The molecule has 232 valence electrons. The molecule has 2 aromatic carbocycles. The standard InChI is InChI=1S/C36H43N3O5/c1-20-26-12-10-23(32(40)39-19-24-13-14-36(39,34(2,3)4)31(24)44-33(37)41)16-29(26)43-30(20)28-15-22-9-11-25(35(5,6)42)17-27(22)38(28)18-21-7-8-21/h9-12,15-17,21,24,31,42H,7-8,13-14,18-19H2,1-6H3,(H2,37,41)/t24?,31-,36?/m1/s1. The van der Waals surface area contributed by atoms with Crippen molar-refractivity contribution in [1.29, 1.82) is 0 Å². The van der Waals surface area contributed by atoms with E-state index < -0.39 is 23.3 Å². The molecule has 8 heteroatoms. The lowest BCUT2D eigenvalue weighted by Gasteiger charge is -2.49. The van der Waals surface area contributed by atoms with Gasteiger partial charge in [-0.15, -0.1) is 0 Å². The van der Waals surface area contributed by atoms with Crippen LogP contribution in [0.1, 0.15) is 81.8 Å². The molecule has 1 aliphatic heterocycles. The zero-order valence-corrected chi connectivity index (χ0v) is 26.6. The van der Waals surface area contributed by atoms with Crippen molar-refractivity contribution in [2.24, 2.45) is 23.0 Å². The number of rotatable bonds is 6. The van der Waals surface area contributed by atoms with Crippen LogP contribution in [0.15, 0.2) is 46.9 Å². The van der Waals surface area contributed by atoms with E-state index in [9.17, 15) is 14.7 Å². The van der Waals surface area contributed by atoms with Crippen LogP contribution in [0.5, 0.6) is 0 Å². The van der Waals surface area contributed by atoms with Gasteiger partial charge >= 0.3 is 6.09 Å². The van der Waals surface area contributed by atoms with Gasteiger partial charge in [-0.05, 0) is 87.6 Å². The summed E-state index contributed by atoms with van der Waals surface area (Å²) >= 11 is 0. The van der Waals surface area contributed by atoms with Crippen molar-refractivity contribution in [3.63, 3.8) is 0 Å². The minimum Gasteiger partial charge on any atom is -0.454 e. The molecule has 2 saturated carbocycles. The van der Waals surface area contributed by atoms with Gasteiger partial charge in [-0.3, -0.25) is 4.79 Å². The second-order valence-electron chi connectivity index (χ2n) is 14.9. The maximum atomic E-state index is 14.2. The van der Waals surface area contributed by atoms with Crippen molar-refractivity contribution in [2.45, 2.75) is 91.0 Å². The maximum Gasteiger partial charge on any atom is 0.404 e. The van der Waals surface area contributed by atoms with E-state index in [-0.39, 0.29) is 17.2 Å². The minimum atomic E-state index is -0.937. The lowest BCUT2D eigenvalue weighted by molar-refractivity contribution is -0.0359. The van der Waals surface area contributed by atoms with Gasteiger partial charge in [-0.2, -0.15) is 0 Å². The molecule has 2 unspecified atom stereocenters. The number of furan rings is 1. The number of ether oxygens (including phenoxy) is 1. The third-order valence-electron chi connectivity index (χ3n) is 10.6. The fourth-order valence-electron chi connectivity index (χ4n) is 8.09. The number of primary amides is 1. The predicted molar refractivity (Wildman–Crippen MR) is 170 cm³/mol. The number of hydrogen-bond donors (Lipinski definition) is 2. The Morgan fingerprint density at radius 2 is 1.82 bits per heavy atom. The number of carbonyl (C=O) groups is 2. The summed E-state index contributed by atoms with van der Waals surface area (Å²) in [7, 11) is 0. The van der Waals surface area contributed by atoms with Gasteiger partial charge in [0.1, 0.15) is 11.7 Å². The van der Waals surface area contributed by atoms with E-state index in [1.165, 1.54) is 12.8 Å². The third kappa shape index (κ3) is 4.36. The van der Waals surface area contributed by atoms with E-state index in [1.54, 1.807) is 0 Å². The van der Waals surface area contributed by atoms with Crippen LogP contribution < -0.4 is 5.73 Å². The molecule has 8 nitrogen and oxygen atoms in total. The van der Waals surface area contributed by atoms with E-state index in [1.807, 2.05) is 43.0 Å². The van der Waals surface area contributed by atoms with Crippen molar-refractivity contribution >= 4 is 33.9 Å². The van der Waals surface area contributed by atoms with Crippen LogP contribution in [-0.2, 0) is 16.9 Å². The molecular formula is C36H43N3O5. The number of fused-ring (bicyclic) bond motifs is 4. The van der Waals surface area contributed by atoms with Crippen molar-refractivity contribution in [2.75, 3.05) is 6.54 Å². The Morgan fingerprint density at radius 1 is 1.07 bits per heavy atom. The number of carbonyl (C=O) groups excluding carboxylic acids is 2. The molecule has 0 radical (unpaired) electrons. The molecule has 7 rings (SSSR count). The minimum absolute atomic E-state index is 0.0668. The number of hydrogen-bond acceptors (Lipinski definition) is 5. The number of nitrogens with zero attached hydrogens (tertiary/aromatic N) is 2. The Kier molecular flexibility index (Phi) is 6.32. The van der Waals surface area contributed by atoms with E-state index in [0.717, 1.165) is 58.3 Å². The van der Waals surface area contributed by atoms with E-state index in [2.05, 4.69) is 50.5 Å². The van der Waals surface area contributed by atoms with Crippen LogP contribution in [0.2, 0.25) is 0 Å². The molecule has 1 saturated heterocycles. The summed E-state index contributed by atoms with van der Waals surface area (Å²) in [5, 5.41) is 12.8. The van der Waals surface area contributed by atoms with Gasteiger partial charge in [0.15, 0.2) is 5.76 Å². The van der Waals surface area contributed by atoms with Gasteiger partial charge in [0.25, 0.3) is 5.91 Å². The molecule has 3 atom stereocenters. The fourth-order valence-corrected chi connectivity index (χ4v) is 8.09. The average Bonchev–Trinajstić information content (AvgIpc) is 3.34. The topological polar surface area (TPSA) is 111 Å². The highest BCUT2D eigenvalue weighted by Gasteiger charge is 2.66. The summed E-state index contributed by atoms with van der Waals surface area (Å²) in [6, 6.07) is 14.1. The van der Waals surface area contributed by atoms with Crippen LogP contribution >= 0.6 is 0 Å². The monoisotopic (exact) mass is 597 g/mol. The highest BCUT2D eigenvalue weighted by atomic mass is 16.6. The summed E-state index contributed by atoms with van der Waals surface area (Å²) in [6.45, 7) is 13.4. The number of aryl methyl sites for hydroxylation is 1. The quantitative estimate of drug-likeness (QED) is 0.246. The van der Waals surface area contributed by atoms with Crippen LogP contribution in [-0.4, -0.2) is 44.8 Å². The molecule has 2 bridgehead atoms. The molecule has 3 aliphatic rings. The molecule has 3 heterocycles. The zero-order valence-electron chi connectivity index (χ0n) is 26.6. The highest BCUT2D eigenvalue weighted by molar-refractivity contribution is 6.00. The first-order valence-electron chi connectivity index (χ1n) is 15.9. The zero-order chi connectivity index (χ0) is 31.3. The number of piperidine rings is 1.